The number of carbonyl (C=O) groups excluding carboxylic acids is 1. The van der Waals surface area contributed by atoms with Crippen LogP contribution in [0.25, 0.3) is 0 Å². The monoisotopic (exact) mass is 424 g/mol. The molecule has 150 valence electrons. The summed E-state index contributed by atoms with van der Waals surface area (Å²) in [5, 5.41) is 12.9. The summed E-state index contributed by atoms with van der Waals surface area (Å²) < 4.78 is 45.7. The summed E-state index contributed by atoms with van der Waals surface area (Å²) in [6.45, 7) is 1.10. The van der Waals surface area contributed by atoms with Crippen LogP contribution >= 0.6 is 0 Å². The van der Waals surface area contributed by atoms with Gasteiger partial charge in [-0.2, -0.15) is 0 Å². The van der Waals surface area contributed by atoms with Crippen LogP contribution in [0.15, 0.2) is 52.3 Å². The molecule has 0 fully saturated rings. The molecule has 0 saturated carbocycles. The summed E-state index contributed by atoms with van der Waals surface area (Å²) in [6.07, 6.45) is 0.840. The molecule has 0 spiro atoms. The highest BCUT2D eigenvalue weighted by molar-refractivity contribution is 7.89. The number of anilines is 2. The minimum Gasteiger partial charge on any atom is -0.370 e. The normalized spacial score (nSPS) is 14.0. The predicted octanol–water partition coefficient (Wildman–Crippen LogP) is 0.373. The molecule has 28 heavy (non-hydrogen) atoms. The third kappa shape index (κ3) is 4.68. The molecular weight excluding hydrogens is 404 g/mol. The van der Waals surface area contributed by atoms with Crippen molar-refractivity contribution in [1.29, 1.82) is 0 Å². The number of nitrogens with one attached hydrogen (secondary N) is 1. The molecular formula is C17H20N4O5S2. The standard InChI is InChI=1S/C17H20N4O5S2/c18-27(23,24)14-3-1-2-13(11-14)20-17(22)7-9-21-8-6-12-10-15(28(19,25)26)4-5-16(12)21/h1-5,10-11H,6-9H2,(H,20,22)(H2,18,23,24)(H2,19,25,26). The Hall–Kier alpha value is -2.47. The third-order valence-corrected chi connectivity index (χ3v) is 6.25. The molecule has 0 aromatic heterocycles. The van der Waals surface area contributed by atoms with E-state index >= 15 is 0 Å². The van der Waals surface area contributed by atoms with Gasteiger partial charge in [0, 0.05) is 30.9 Å². The van der Waals surface area contributed by atoms with Crippen LogP contribution in [0.3, 0.4) is 0 Å². The fourth-order valence-electron chi connectivity index (χ4n) is 3.07. The van der Waals surface area contributed by atoms with Gasteiger partial charge in [-0.1, -0.05) is 6.07 Å². The van der Waals surface area contributed by atoms with Crippen molar-refractivity contribution in [2.75, 3.05) is 23.3 Å². The first kappa shape index (κ1) is 20.3. The van der Waals surface area contributed by atoms with Crippen LogP contribution < -0.4 is 20.5 Å². The maximum absolute atomic E-state index is 12.2. The first-order valence-corrected chi connectivity index (χ1v) is 11.5. The lowest BCUT2D eigenvalue weighted by Gasteiger charge is -2.19. The van der Waals surface area contributed by atoms with Gasteiger partial charge in [0.25, 0.3) is 0 Å². The van der Waals surface area contributed by atoms with Gasteiger partial charge >= 0.3 is 0 Å². The van der Waals surface area contributed by atoms with E-state index in [2.05, 4.69) is 5.32 Å². The SMILES string of the molecule is NS(=O)(=O)c1cccc(NC(=O)CCN2CCc3cc(S(N)(=O)=O)ccc32)c1. The summed E-state index contributed by atoms with van der Waals surface area (Å²) in [5.74, 6) is -0.277. The Morgan fingerprint density at radius 3 is 2.36 bits per heavy atom. The van der Waals surface area contributed by atoms with Crippen molar-refractivity contribution in [2.24, 2.45) is 10.3 Å². The van der Waals surface area contributed by atoms with Gasteiger partial charge in [-0.3, -0.25) is 4.79 Å². The summed E-state index contributed by atoms with van der Waals surface area (Å²) in [4.78, 5) is 14.2. The summed E-state index contributed by atoms with van der Waals surface area (Å²) >= 11 is 0. The van der Waals surface area contributed by atoms with Crippen LogP contribution in [0, 0.1) is 0 Å². The molecule has 0 atom stereocenters. The fourth-order valence-corrected chi connectivity index (χ4v) is 4.19. The Balaban J connectivity index is 1.63. The van der Waals surface area contributed by atoms with Gasteiger partial charge in [0.05, 0.1) is 9.79 Å². The number of nitrogens with zero attached hydrogens (tertiary/aromatic N) is 1. The van der Waals surface area contributed by atoms with Crippen LogP contribution in [0.2, 0.25) is 0 Å². The number of hydrogen-bond acceptors (Lipinski definition) is 6. The van der Waals surface area contributed by atoms with Gasteiger partial charge in [0.1, 0.15) is 0 Å². The van der Waals surface area contributed by atoms with Gasteiger partial charge in [0.2, 0.25) is 26.0 Å². The number of carbonyl (C=O) groups is 1. The van der Waals surface area contributed by atoms with E-state index in [1.54, 1.807) is 18.2 Å². The van der Waals surface area contributed by atoms with E-state index in [0.717, 1.165) is 11.3 Å². The highest BCUT2D eigenvalue weighted by Gasteiger charge is 2.22. The summed E-state index contributed by atoms with van der Waals surface area (Å²) in [5.41, 5.74) is 2.08. The number of sulfonamides is 2. The Labute approximate surface area is 163 Å². The zero-order chi connectivity index (χ0) is 20.5. The molecule has 1 aliphatic rings. The molecule has 0 bridgehead atoms. The van der Waals surface area contributed by atoms with E-state index in [4.69, 9.17) is 10.3 Å². The van der Waals surface area contributed by atoms with Gasteiger partial charge in [0.15, 0.2) is 0 Å². The van der Waals surface area contributed by atoms with E-state index in [0.29, 0.717) is 25.2 Å². The van der Waals surface area contributed by atoms with Crippen LogP contribution in [-0.2, 0) is 31.3 Å². The molecule has 9 nitrogen and oxygen atoms in total. The fraction of sp³-hybridized carbons (Fsp3) is 0.235. The second kappa shape index (κ2) is 7.51. The van der Waals surface area contributed by atoms with E-state index in [1.165, 1.54) is 24.3 Å². The lowest BCUT2D eigenvalue weighted by Crippen LogP contribution is -2.26. The van der Waals surface area contributed by atoms with Crippen molar-refractivity contribution >= 4 is 37.3 Å². The minimum absolute atomic E-state index is 0.0700. The summed E-state index contributed by atoms with van der Waals surface area (Å²) in [7, 11) is -7.60. The number of nitrogens with two attached hydrogens (primary N) is 2. The number of rotatable bonds is 6. The lowest BCUT2D eigenvalue weighted by molar-refractivity contribution is -0.116. The zero-order valence-electron chi connectivity index (χ0n) is 14.8. The zero-order valence-corrected chi connectivity index (χ0v) is 16.5. The largest absolute Gasteiger partial charge is 0.370 e. The van der Waals surface area contributed by atoms with E-state index in [1.807, 2.05) is 4.90 Å². The number of benzene rings is 2. The van der Waals surface area contributed by atoms with Crippen molar-refractivity contribution in [3.63, 3.8) is 0 Å². The van der Waals surface area contributed by atoms with Crippen molar-refractivity contribution in [2.45, 2.75) is 22.6 Å². The first-order chi connectivity index (χ1) is 13.0. The molecule has 1 heterocycles. The number of amides is 1. The number of primary sulfonamides is 2. The van der Waals surface area contributed by atoms with Crippen LogP contribution in [0.4, 0.5) is 11.4 Å². The molecule has 5 N–H and O–H groups in total. The van der Waals surface area contributed by atoms with Gasteiger partial charge < -0.3 is 10.2 Å². The van der Waals surface area contributed by atoms with Gasteiger partial charge in [-0.05, 0) is 48.4 Å². The Bertz CT molecular complexity index is 1130. The molecule has 0 saturated heterocycles. The molecule has 1 amide bonds. The average Bonchev–Trinajstić information content (AvgIpc) is 3.01. The molecule has 0 aliphatic carbocycles. The van der Waals surface area contributed by atoms with E-state index in [9.17, 15) is 21.6 Å². The number of fused-ring (bicyclic) bond motifs is 1. The number of hydrogen-bond donors (Lipinski definition) is 3. The van der Waals surface area contributed by atoms with Crippen LogP contribution in [-0.4, -0.2) is 35.8 Å². The molecule has 0 unspecified atom stereocenters. The quantitative estimate of drug-likeness (QED) is 0.609. The lowest BCUT2D eigenvalue weighted by atomic mass is 10.2. The Morgan fingerprint density at radius 1 is 1.00 bits per heavy atom. The maximum atomic E-state index is 12.2. The van der Waals surface area contributed by atoms with Gasteiger partial charge in [-0.25, -0.2) is 27.1 Å². The average molecular weight is 425 g/mol. The van der Waals surface area contributed by atoms with Crippen molar-refractivity contribution < 1.29 is 21.6 Å². The Morgan fingerprint density at radius 2 is 1.68 bits per heavy atom. The maximum Gasteiger partial charge on any atom is 0.238 e. The molecule has 11 heteroatoms. The first-order valence-electron chi connectivity index (χ1n) is 8.37. The van der Waals surface area contributed by atoms with Crippen molar-refractivity contribution in [3.8, 4) is 0 Å². The summed E-state index contributed by atoms with van der Waals surface area (Å²) in [6, 6.07) is 10.4. The molecule has 2 aromatic carbocycles. The third-order valence-electron chi connectivity index (χ3n) is 4.43. The Kier molecular flexibility index (Phi) is 5.44. The van der Waals surface area contributed by atoms with Crippen LogP contribution in [0.1, 0.15) is 12.0 Å². The molecule has 3 rings (SSSR count). The van der Waals surface area contributed by atoms with Gasteiger partial charge in [-0.15, -0.1) is 0 Å². The molecule has 2 aromatic rings. The highest BCUT2D eigenvalue weighted by atomic mass is 32.2. The van der Waals surface area contributed by atoms with E-state index in [-0.39, 0.29) is 22.1 Å². The van der Waals surface area contributed by atoms with Crippen LogP contribution in [0.5, 0.6) is 0 Å². The van der Waals surface area contributed by atoms with Crippen molar-refractivity contribution in [3.05, 3.63) is 48.0 Å². The predicted molar refractivity (Wildman–Crippen MR) is 105 cm³/mol. The van der Waals surface area contributed by atoms with E-state index < -0.39 is 20.0 Å². The second-order valence-electron chi connectivity index (χ2n) is 6.44. The molecule has 1 aliphatic heterocycles. The second-order valence-corrected chi connectivity index (χ2v) is 9.57. The topological polar surface area (TPSA) is 153 Å². The van der Waals surface area contributed by atoms with Crippen molar-refractivity contribution in [1.82, 2.24) is 0 Å². The molecule has 0 radical (unpaired) electrons. The highest BCUT2D eigenvalue weighted by Crippen LogP contribution is 2.30. The minimum atomic E-state index is -3.85. The smallest absolute Gasteiger partial charge is 0.238 e.